The smallest absolute Gasteiger partial charge is 0.251 e. The standard InChI is InChI=1S/C21H24N2O4/c1-22-21(26)16-10-13(20(25)23-14-7-8-14)9-15-18(12-5-3-2-4-6-12)17(11-24)27-19(15)16/h2-6,9-10,14,17-18,21-22,24,26H,7-8,11H2,1H3,(H,23,25)/t17-,18+,21?/m0/s1. The minimum Gasteiger partial charge on any atom is -0.486 e. The number of hydrogen-bond donors (Lipinski definition) is 4. The Hall–Kier alpha value is -2.41. The maximum absolute atomic E-state index is 12.6. The number of fused-ring (bicyclic) bond motifs is 1. The van der Waals surface area contributed by atoms with Crippen molar-refractivity contribution < 1.29 is 19.7 Å². The second-order valence-electron chi connectivity index (χ2n) is 7.15. The first-order valence-electron chi connectivity index (χ1n) is 9.29. The Morgan fingerprint density at radius 3 is 2.63 bits per heavy atom. The summed E-state index contributed by atoms with van der Waals surface area (Å²) < 4.78 is 6.02. The van der Waals surface area contributed by atoms with E-state index in [1.54, 1.807) is 13.1 Å². The number of hydrogen-bond acceptors (Lipinski definition) is 5. The maximum Gasteiger partial charge on any atom is 0.251 e. The van der Waals surface area contributed by atoms with Crippen molar-refractivity contribution in [2.45, 2.75) is 37.1 Å². The molecule has 1 aliphatic carbocycles. The van der Waals surface area contributed by atoms with E-state index in [4.69, 9.17) is 4.74 Å². The third-order valence-corrected chi connectivity index (χ3v) is 5.20. The largest absolute Gasteiger partial charge is 0.486 e. The number of aliphatic hydroxyl groups is 2. The lowest BCUT2D eigenvalue weighted by atomic mass is 9.86. The summed E-state index contributed by atoms with van der Waals surface area (Å²) in [7, 11) is 1.64. The molecular weight excluding hydrogens is 344 g/mol. The van der Waals surface area contributed by atoms with Crippen LogP contribution in [0.1, 0.15) is 52.0 Å². The number of carbonyl (C=O) groups is 1. The molecule has 1 amide bonds. The number of aliphatic hydroxyl groups excluding tert-OH is 2. The summed E-state index contributed by atoms with van der Waals surface area (Å²) in [6.07, 6.45) is 0.573. The zero-order valence-corrected chi connectivity index (χ0v) is 15.2. The fourth-order valence-electron chi connectivity index (χ4n) is 3.64. The molecule has 6 nitrogen and oxygen atoms in total. The minimum atomic E-state index is -0.971. The number of nitrogens with one attached hydrogen (secondary N) is 2. The molecule has 4 N–H and O–H groups in total. The average molecular weight is 368 g/mol. The van der Waals surface area contributed by atoms with Crippen LogP contribution in [0.4, 0.5) is 0 Å². The summed E-state index contributed by atoms with van der Waals surface area (Å²) in [5.74, 6) is 0.180. The fraction of sp³-hybridized carbons (Fsp3) is 0.381. The summed E-state index contributed by atoms with van der Waals surface area (Å²) in [6, 6.07) is 13.5. The molecule has 3 atom stereocenters. The van der Waals surface area contributed by atoms with Crippen molar-refractivity contribution in [2.24, 2.45) is 0 Å². The highest BCUT2D eigenvalue weighted by Crippen LogP contribution is 2.46. The highest BCUT2D eigenvalue weighted by molar-refractivity contribution is 5.95. The summed E-state index contributed by atoms with van der Waals surface area (Å²) in [4.78, 5) is 12.6. The molecule has 1 fully saturated rings. The molecule has 2 aliphatic rings. The average Bonchev–Trinajstić information content (AvgIpc) is 3.43. The van der Waals surface area contributed by atoms with Crippen LogP contribution in [0, 0.1) is 0 Å². The quantitative estimate of drug-likeness (QED) is 0.583. The van der Waals surface area contributed by atoms with Crippen molar-refractivity contribution in [3.8, 4) is 5.75 Å². The van der Waals surface area contributed by atoms with Crippen molar-refractivity contribution in [3.63, 3.8) is 0 Å². The van der Waals surface area contributed by atoms with Crippen LogP contribution < -0.4 is 15.4 Å². The summed E-state index contributed by atoms with van der Waals surface area (Å²) >= 11 is 0. The first kappa shape index (κ1) is 18.0. The Morgan fingerprint density at radius 1 is 1.26 bits per heavy atom. The Morgan fingerprint density at radius 2 is 2.00 bits per heavy atom. The zero-order chi connectivity index (χ0) is 19.0. The van der Waals surface area contributed by atoms with Gasteiger partial charge in [-0.05, 0) is 37.6 Å². The van der Waals surface area contributed by atoms with E-state index in [0.29, 0.717) is 16.9 Å². The van der Waals surface area contributed by atoms with Gasteiger partial charge in [-0.15, -0.1) is 0 Å². The number of amides is 1. The number of carbonyl (C=O) groups excluding carboxylic acids is 1. The highest BCUT2D eigenvalue weighted by Gasteiger charge is 2.38. The van der Waals surface area contributed by atoms with Crippen LogP contribution in [-0.2, 0) is 0 Å². The molecule has 0 saturated heterocycles. The van der Waals surface area contributed by atoms with E-state index in [1.807, 2.05) is 36.4 Å². The van der Waals surface area contributed by atoms with Crippen LogP contribution in [0.2, 0.25) is 0 Å². The van der Waals surface area contributed by atoms with Crippen molar-refractivity contribution in [3.05, 3.63) is 64.7 Å². The molecule has 27 heavy (non-hydrogen) atoms. The van der Waals surface area contributed by atoms with Gasteiger partial charge < -0.3 is 20.3 Å². The molecule has 4 rings (SSSR count). The highest BCUT2D eigenvalue weighted by atomic mass is 16.5. The van der Waals surface area contributed by atoms with Crippen molar-refractivity contribution in [1.29, 1.82) is 0 Å². The first-order chi connectivity index (χ1) is 13.1. The van der Waals surface area contributed by atoms with Crippen molar-refractivity contribution >= 4 is 5.91 Å². The lowest BCUT2D eigenvalue weighted by molar-refractivity contribution is 0.0950. The van der Waals surface area contributed by atoms with Gasteiger partial charge in [-0.1, -0.05) is 30.3 Å². The van der Waals surface area contributed by atoms with Crippen LogP contribution in [-0.4, -0.2) is 41.9 Å². The molecule has 1 saturated carbocycles. The third kappa shape index (κ3) is 3.43. The normalized spacial score (nSPS) is 22.0. The van der Waals surface area contributed by atoms with E-state index in [9.17, 15) is 15.0 Å². The monoisotopic (exact) mass is 368 g/mol. The van der Waals surface area contributed by atoms with E-state index < -0.39 is 12.3 Å². The molecule has 0 radical (unpaired) electrons. The summed E-state index contributed by atoms with van der Waals surface area (Å²) in [5, 5.41) is 26.1. The topological polar surface area (TPSA) is 90.8 Å². The van der Waals surface area contributed by atoms with Gasteiger partial charge in [0, 0.05) is 22.7 Å². The van der Waals surface area contributed by atoms with E-state index in [1.165, 1.54) is 0 Å². The third-order valence-electron chi connectivity index (χ3n) is 5.20. The predicted molar refractivity (Wildman–Crippen MR) is 101 cm³/mol. The Kier molecular flexibility index (Phi) is 4.86. The van der Waals surface area contributed by atoms with Gasteiger partial charge in [0.1, 0.15) is 18.1 Å². The number of benzene rings is 2. The van der Waals surface area contributed by atoms with Gasteiger partial charge in [-0.3, -0.25) is 10.1 Å². The van der Waals surface area contributed by atoms with Gasteiger partial charge in [-0.2, -0.15) is 0 Å². The van der Waals surface area contributed by atoms with Gasteiger partial charge in [0.25, 0.3) is 5.91 Å². The van der Waals surface area contributed by atoms with Gasteiger partial charge in [0.05, 0.1) is 12.5 Å². The van der Waals surface area contributed by atoms with E-state index in [2.05, 4.69) is 10.6 Å². The van der Waals surface area contributed by atoms with Gasteiger partial charge in [0.15, 0.2) is 0 Å². The Labute approximate surface area is 158 Å². The fourth-order valence-corrected chi connectivity index (χ4v) is 3.64. The van der Waals surface area contributed by atoms with Gasteiger partial charge in [0.2, 0.25) is 0 Å². The molecule has 1 aliphatic heterocycles. The van der Waals surface area contributed by atoms with Crippen LogP contribution in [0.3, 0.4) is 0 Å². The predicted octanol–water partition coefficient (Wildman–Crippen LogP) is 1.67. The molecule has 2 aromatic carbocycles. The maximum atomic E-state index is 12.6. The molecule has 2 aromatic rings. The summed E-state index contributed by atoms with van der Waals surface area (Å²) in [6.45, 7) is -0.160. The lowest BCUT2D eigenvalue weighted by Crippen LogP contribution is -2.26. The van der Waals surface area contributed by atoms with Gasteiger partial charge in [-0.25, -0.2) is 0 Å². The van der Waals surface area contributed by atoms with Gasteiger partial charge >= 0.3 is 0 Å². The SMILES string of the molecule is CNC(O)c1cc(C(=O)NC2CC2)cc2c1O[C@@H](CO)[C@@H]2c1ccccc1. The van der Waals surface area contributed by atoms with Crippen molar-refractivity contribution in [1.82, 2.24) is 10.6 Å². The van der Waals surface area contributed by atoms with Crippen LogP contribution >= 0.6 is 0 Å². The molecule has 1 unspecified atom stereocenters. The van der Waals surface area contributed by atoms with Crippen LogP contribution in [0.5, 0.6) is 5.75 Å². The second-order valence-corrected chi connectivity index (χ2v) is 7.15. The number of ether oxygens (including phenoxy) is 1. The molecule has 0 spiro atoms. The van der Waals surface area contributed by atoms with Crippen LogP contribution in [0.25, 0.3) is 0 Å². The molecule has 142 valence electrons. The molecular formula is C21H24N2O4. The Balaban J connectivity index is 1.82. The van der Waals surface area contributed by atoms with E-state index >= 15 is 0 Å². The minimum absolute atomic E-state index is 0.149. The number of rotatable bonds is 6. The molecule has 0 bridgehead atoms. The first-order valence-corrected chi connectivity index (χ1v) is 9.29. The van der Waals surface area contributed by atoms with Crippen molar-refractivity contribution in [2.75, 3.05) is 13.7 Å². The second kappa shape index (κ2) is 7.31. The molecule has 0 aromatic heterocycles. The zero-order valence-electron chi connectivity index (χ0n) is 15.2. The Bertz CT molecular complexity index is 836. The van der Waals surface area contributed by atoms with Crippen LogP contribution in [0.15, 0.2) is 42.5 Å². The summed E-state index contributed by atoms with van der Waals surface area (Å²) in [5.41, 5.74) is 2.81. The molecule has 1 heterocycles. The van der Waals surface area contributed by atoms with E-state index in [-0.39, 0.29) is 24.5 Å². The lowest BCUT2D eigenvalue weighted by Gasteiger charge is -2.17. The molecule has 6 heteroatoms. The van der Waals surface area contributed by atoms with E-state index in [0.717, 1.165) is 24.0 Å².